The fourth-order valence-electron chi connectivity index (χ4n) is 3.02. The third-order valence-electron chi connectivity index (χ3n) is 4.46. The van der Waals surface area contributed by atoms with Crippen LogP contribution in [0.2, 0.25) is 0 Å². The lowest BCUT2D eigenvalue weighted by molar-refractivity contribution is -0.144. The van der Waals surface area contributed by atoms with Gasteiger partial charge in [-0.1, -0.05) is 42.5 Å². The predicted molar refractivity (Wildman–Crippen MR) is 99.9 cm³/mol. The lowest BCUT2D eigenvalue weighted by atomic mass is 10.2. The SMILES string of the molecule is COc1ccccc1NC(=O)C(=O)N1CCN(Cc2ccccc2)CC1. The maximum Gasteiger partial charge on any atom is 0.314 e. The topological polar surface area (TPSA) is 61.9 Å². The highest BCUT2D eigenvalue weighted by Crippen LogP contribution is 2.23. The van der Waals surface area contributed by atoms with Crippen LogP contribution in [0.25, 0.3) is 0 Å². The molecule has 0 radical (unpaired) electrons. The molecule has 0 saturated carbocycles. The molecule has 0 aliphatic carbocycles. The summed E-state index contributed by atoms with van der Waals surface area (Å²) in [5.74, 6) is -0.609. The Balaban J connectivity index is 1.52. The second-order valence-electron chi connectivity index (χ2n) is 6.21. The Morgan fingerprint density at radius 1 is 0.962 bits per heavy atom. The van der Waals surface area contributed by atoms with Crippen LogP contribution >= 0.6 is 0 Å². The minimum Gasteiger partial charge on any atom is -0.495 e. The molecule has 136 valence electrons. The van der Waals surface area contributed by atoms with Gasteiger partial charge in [0.2, 0.25) is 0 Å². The molecule has 0 atom stereocenters. The molecule has 0 spiro atoms. The summed E-state index contributed by atoms with van der Waals surface area (Å²) < 4.78 is 5.20. The van der Waals surface area contributed by atoms with Crippen LogP contribution in [0.5, 0.6) is 5.75 Å². The minimum absolute atomic E-state index is 0.496. The summed E-state index contributed by atoms with van der Waals surface area (Å²) in [6, 6.07) is 17.3. The summed E-state index contributed by atoms with van der Waals surface area (Å²) in [6.45, 7) is 3.46. The number of ether oxygens (including phenoxy) is 1. The van der Waals surface area contributed by atoms with Gasteiger partial charge in [0.25, 0.3) is 0 Å². The first-order valence-electron chi connectivity index (χ1n) is 8.67. The van der Waals surface area contributed by atoms with Crippen LogP contribution in [0.15, 0.2) is 54.6 Å². The van der Waals surface area contributed by atoms with Crippen molar-refractivity contribution in [3.8, 4) is 5.75 Å². The van der Waals surface area contributed by atoms with Crippen molar-refractivity contribution in [2.45, 2.75) is 6.54 Å². The summed E-state index contributed by atoms with van der Waals surface area (Å²) >= 11 is 0. The molecule has 1 aliphatic heterocycles. The summed E-state index contributed by atoms with van der Waals surface area (Å²) in [5.41, 5.74) is 1.75. The van der Waals surface area contributed by atoms with Crippen molar-refractivity contribution in [1.82, 2.24) is 9.80 Å². The van der Waals surface area contributed by atoms with Gasteiger partial charge in [-0.05, 0) is 17.7 Å². The van der Waals surface area contributed by atoms with Gasteiger partial charge >= 0.3 is 11.8 Å². The molecule has 2 amide bonds. The molecule has 6 nitrogen and oxygen atoms in total. The number of rotatable bonds is 4. The van der Waals surface area contributed by atoms with Gasteiger partial charge in [-0.25, -0.2) is 0 Å². The molecule has 0 bridgehead atoms. The first kappa shape index (κ1) is 17.9. The number of amides is 2. The van der Waals surface area contributed by atoms with E-state index in [1.54, 1.807) is 23.1 Å². The number of benzene rings is 2. The van der Waals surface area contributed by atoms with Gasteiger partial charge in [-0.15, -0.1) is 0 Å². The number of anilines is 1. The van der Waals surface area contributed by atoms with E-state index < -0.39 is 11.8 Å². The monoisotopic (exact) mass is 353 g/mol. The van der Waals surface area contributed by atoms with Gasteiger partial charge in [-0.2, -0.15) is 0 Å². The molecule has 1 fully saturated rings. The van der Waals surface area contributed by atoms with Crippen molar-refractivity contribution in [2.24, 2.45) is 0 Å². The smallest absolute Gasteiger partial charge is 0.314 e. The molecular weight excluding hydrogens is 330 g/mol. The Morgan fingerprint density at radius 3 is 2.31 bits per heavy atom. The molecule has 0 aromatic heterocycles. The fraction of sp³-hybridized carbons (Fsp3) is 0.300. The second kappa shape index (κ2) is 8.49. The first-order chi connectivity index (χ1) is 12.7. The number of hydrogen-bond donors (Lipinski definition) is 1. The summed E-state index contributed by atoms with van der Waals surface area (Å²) in [7, 11) is 1.53. The van der Waals surface area contributed by atoms with Crippen LogP contribution in [0.1, 0.15) is 5.56 Å². The van der Waals surface area contributed by atoms with E-state index in [9.17, 15) is 9.59 Å². The minimum atomic E-state index is -0.633. The lowest BCUT2D eigenvalue weighted by Crippen LogP contribution is -2.51. The van der Waals surface area contributed by atoms with E-state index in [4.69, 9.17) is 4.74 Å². The van der Waals surface area contributed by atoms with Crippen molar-refractivity contribution in [1.29, 1.82) is 0 Å². The van der Waals surface area contributed by atoms with Crippen LogP contribution in [-0.2, 0) is 16.1 Å². The van der Waals surface area contributed by atoms with Crippen LogP contribution in [0.4, 0.5) is 5.69 Å². The molecule has 1 heterocycles. The predicted octanol–water partition coefficient (Wildman–Crippen LogP) is 1.98. The van der Waals surface area contributed by atoms with E-state index in [-0.39, 0.29) is 0 Å². The maximum atomic E-state index is 12.4. The van der Waals surface area contributed by atoms with E-state index >= 15 is 0 Å². The van der Waals surface area contributed by atoms with Gasteiger partial charge in [0, 0.05) is 32.7 Å². The summed E-state index contributed by atoms with van der Waals surface area (Å²) in [5, 5.41) is 2.64. The van der Waals surface area contributed by atoms with E-state index in [1.807, 2.05) is 24.3 Å². The molecule has 3 rings (SSSR count). The van der Waals surface area contributed by atoms with Crippen molar-refractivity contribution >= 4 is 17.5 Å². The van der Waals surface area contributed by atoms with Gasteiger partial charge in [0.05, 0.1) is 12.8 Å². The third-order valence-corrected chi connectivity index (χ3v) is 4.46. The number of nitrogens with one attached hydrogen (secondary N) is 1. The van der Waals surface area contributed by atoms with Crippen LogP contribution in [-0.4, -0.2) is 54.9 Å². The molecule has 0 unspecified atom stereocenters. The number of carbonyl (C=O) groups is 2. The Hall–Kier alpha value is -2.86. The molecule has 1 aliphatic rings. The zero-order valence-corrected chi connectivity index (χ0v) is 14.9. The number of carbonyl (C=O) groups excluding carboxylic acids is 2. The van der Waals surface area contributed by atoms with Crippen molar-refractivity contribution in [2.75, 3.05) is 38.6 Å². The van der Waals surface area contributed by atoms with E-state index in [2.05, 4.69) is 22.3 Å². The molecule has 2 aromatic carbocycles. The number of methoxy groups -OCH3 is 1. The number of para-hydroxylation sites is 2. The Morgan fingerprint density at radius 2 is 1.62 bits per heavy atom. The summed E-state index contributed by atoms with van der Waals surface area (Å²) in [6.07, 6.45) is 0. The molecular formula is C20H23N3O3. The maximum absolute atomic E-state index is 12.4. The fourth-order valence-corrected chi connectivity index (χ4v) is 3.02. The summed E-state index contributed by atoms with van der Waals surface area (Å²) in [4.78, 5) is 28.6. The normalized spacial score (nSPS) is 14.7. The third kappa shape index (κ3) is 4.40. The number of piperazine rings is 1. The highest BCUT2D eigenvalue weighted by Gasteiger charge is 2.26. The Labute approximate surface area is 153 Å². The van der Waals surface area contributed by atoms with E-state index in [1.165, 1.54) is 12.7 Å². The lowest BCUT2D eigenvalue weighted by Gasteiger charge is -2.34. The first-order valence-corrected chi connectivity index (χ1v) is 8.67. The Kier molecular flexibility index (Phi) is 5.86. The average Bonchev–Trinajstić information content (AvgIpc) is 2.69. The van der Waals surface area contributed by atoms with Crippen LogP contribution in [0.3, 0.4) is 0 Å². The molecule has 26 heavy (non-hydrogen) atoms. The Bertz CT molecular complexity index is 756. The van der Waals surface area contributed by atoms with E-state index in [0.29, 0.717) is 24.5 Å². The van der Waals surface area contributed by atoms with Gasteiger partial charge in [-0.3, -0.25) is 14.5 Å². The number of nitrogens with zero attached hydrogens (tertiary/aromatic N) is 2. The van der Waals surface area contributed by atoms with Crippen molar-refractivity contribution in [3.05, 3.63) is 60.2 Å². The zero-order valence-electron chi connectivity index (χ0n) is 14.9. The molecule has 1 N–H and O–H groups in total. The van der Waals surface area contributed by atoms with Gasteiger partial charge in [0.15, 0.2) is 0 Å². The zero-order chi connectivity index (χ0) is 18.4. The highest BCUT2D eigenvalue weighted by atomic mass is 16.5. The van der Waals surface area contributed by atoms with Crippen molar-refractivity contribution in [3.63, 3.8) is 0 Å². The second-order valence-corrected chi connectivity index (χ2v) is 6.21. The van der Waals surface area contributed by atoms with E-state index in [0.717, 1.165) is 19.6 Å². The molecule has 2 aromatic rings. The van der Waals surface area contributed by atoms with Crippen LogP contribution < -0.4 is 10.1 Å². The van der Waals surface area contributed by atoms with Crippen LogP contribution in [0, 0.1) is 0 Å². The number of hydrogen-bond acceptors (Lipinski definition) is 4. The largest absolute Gasteiger partial charge is 0.495 e. The van der Waals surface area contributed by atoms with Gasteiger partial charge < -0.3 is 15.0 Å². The van der Waals surface area contributed by atoms with Gasteiger partial charge in [0.1, 0.15) is 5.75 Å². The van der Waals surface area contributed by atoms with Crippen molar-refractivity contribution < 1.29 is 14.3 Å². The quantitative estimate of drug-likeness (QED) is 0.854. The highest BCUT2D eigenvalue weighted by molar-refractivity contribution is 6.39. The molecule has 6 heteroatoms. The molecule has 1 saturated heterocycles. The average molecular weight is 353 g/mol. The standard InChI is InChI=1S/C20H23N3O3/c1-26-18-10-6-5-9-17(18)21-19(24)20(25)23-13-11-22(12-14-23)15-16-7-3-2-4-8-16/h2-10H,11-15H2,1H3,(H,21,24).